The fraction of sp³-hybridized carbons (Fsp3) is 0. The van der Waals surface area contributed by atoms with Crippen molar-refractivity contribution in [2.45, 2.75) is 0 Å². The molecule has 6 heteroatoms. The van der Waals surface area contributed by atoms with Crippen molar-refractivity contribution in [3.63, 3.8) is 0 Å². The van der Waals surface area contributed by atoms with Gasteiger partial charge in [0.25, 0.3) is 0 Å². The van der Waals surface area contributed by atoms with Gasteiger partial charge in [-0.05, 0) is 36.0 Å². The number of nitrogens with one attached hydrogen (secondary N) is 1. The molecule has 2 heterocycles. The minimum atomic E-state index is 0.434. The zero-order valence-electron chi connectivity index (χ0n) is 11.6. The Morgan fingerprint density at radius 2 is 2.00 bits per heavy atom. The van der Waals surface area contributed by atoms with Crippen LogP contribution in [0.25, 0.3) is 17.5 Å². The minimum Gasteiger partial charge on any atom is -0.264 e. The average Bonchev–Trinajstić information content (AvgIpc) is 2.94. The van der Waals surface area contributed by atoms with E-state index in [2.05, 4.69) is 20.3 Å². The molecule has 1 aromatic carbocycles. The van der Waals surface area contributed by atoms with E-state index in [9.17, 15) is 0 Å². The van der Waals surface area contributed by atoms with Crippen LogP contribution in [0.4, 0.5) is 0 Å². The molecular weight excluding hydrogens is 294 g/mol. The third-order valence-corrected chi connectivity index (χ3v) is 3.19. The van der Waals surface area contributed by atoms with Crippen molar-refractivity contribution in [1.29, 1.82) is 0 Å². The second-order valence-corrected chi connectivity index (χ2v) is 4.83. The molecule has 0 unspecified atom stereocenters. The van der Waals surface area contributed by atoms with Crippen LogP contribution in [0.2, 0.25) is 0 Å². The highest BCUT2D eigenvalue weighted by atomic mass is 32.1. The fourth-order valence-corrected chi connectivity index (χ4v) is 2.08. The fourth-order valence-electron chi connectivity index (χ4n) is 1.90. The quantitative estimate of drug-likeness (QED) is 0.592. The third-order valence-electron chi connectivity index (χ3n) is 2.93. The van der Waals surface area contributed by atoms with Gasteiger partial charge in [0, 0.05) is 24.2 Å². The molecule has 2 aromatic heterocycles. The first-order valence-electron chi connectivity index (χ1n) is 6.68. The summed E-state index contributed by atoms with van der Waals surface area (Å²) in [6.07, 6.45) is 8.93. The molecule has 108 valence electrons. The number of hydrogen-bond acceptors (Lipinski definition) is 4. The SMILES string of the molecule is S=c1[nH]nc(-c2cccnc2)n1/N=C/C=C/c1ccccc1. The molecule has 0 atom stereocenters. The second kappa shape index (κ2) is 6.73. The normalized spacial score (nSPS) is 11.5. The van der Waals surface area contributed by atoms with Crippen LogP contribution >= 0.6 is 12.2 Å². The van der Waals surface area contributed by atoms with Crippen molar-refractivity contribution < 1.29 is 0 Å². The van der Waals surface area contributed by atoms with E-state index in [1.165, 1.54) is 0 Å². The van der Waals surface area contributed by atoms with Gasteiger partial charge in [-0.3, -0.25) is 4.98 Å². The Hall–Kier alpha value is -2.86. The molecule has 0 saturated carbocycles. The van der Waals surface area contributed by atoms with E-state index in [0.29, 0.717) is 10.6 Å². The summed E-state index contributed by atoms with van der Waals surface area (Å²) in [6, 6.07) is 13.8. The predicted molar refractivity (Wildman–Crippen MR) is 90.0 cm³/mol. The molecule has 1 N–H and O–H groups in total. The maximum Gasteiger partial charge on any atom is 0.216 e. The summed E-state index contributed by atoms with van der Waals surface area (Å²) in [5.41, 5.74) is 1.95. The molecule has 22 heavy (non-hydrogen) atoms. The Balaban J connectivity index is 1.84. The van der Waals surface area contributed by atoms with Gasteiger partial charge in [-0.15, -0.1) is 0 Å². The summed E-state index contributed by atoms with van der Waals surface area (Å²) in [5.74, 6) is 0.627. The number of allylic oxidation sites excluding steroid dienone is 1. The van der Waals surface area contributed by atoms with Crippen LogP contribution in [-0.2, 0) is 0 Å². The first-order valence-corrected chi connectivity index (χ1v) is 7.09. The van der Waals surface area contributed by atoms with E-state index in [4.69, 9.17) is 12.2 Å². The highest BCUT2D eigenvalue weighted by molar-refractivity contribution is 7.71. The van der Waals surface area contributed by atoms with Gasteiger partial charge in [0.1, 0.15) is 0 Å². The molecule has 0 bridgehead atoms. The Morgan fingerprint density at radius 3 is 2.77 bits per heavy atom. The highest BCUT2D eigenvalue weighted by Gasteiger charge is 2.06. The minimum absolute atomic E-state index is 0.434. The second-order valence-electron chi connectivity index (χ2n) is 4.44. The number of hydrogen-bond donors (Lipinski definition) is 1. The summed E-state index contributed by atoms with van der Waals surface area (Å²) in [4.78, 5) is 4.08. The summed E-state index contributed by atoms with van der Waals surface area (Å²) in [6.45, 7) is 0. The smallest absolute Gasteiger partial charge is 0.216 e. The summed E-state index contributed by atoms with van der Waals surface area (Å²) in [7, 11) is 0. The van der Waals surface area contributed by atoms with Crippen molar-refractivity contribution in [2.24, 2.45) is 5.10 Å². The number of benzene rings is 1. The van der Waals surface area contributed by atoms with Crippen molar-refractivity contribution in [1.82, 2.24) is 19.9 Å². The van der Waals surface area contributed by atoms with E-state index in [1.807, 2.05) is 54.6 Å². The summed E-state index contributed by atoms with van der Waals surface area (Å²) in [5, 5.41) is 11.3. The highest BCUT2D eigenvalue weighted by Crippen LogP contribution is 2.15. The van der Waals surface area contributed by atoms with Gasteiger partial charge < -0.3 is 0 Å². The molecule has 0 aliphatic carbocycles. The van der Waals surface area contributed by atoms with E-state index in [0.717, 1.165) is 11.1 Å². The van der Waals surface area contributed by atoms with E-state index in [-0.39, 0.29) is 0 Å². The lowest BCUT2D eigenvalue weighted by atomic mass is 10.2. The topological polar surface area (TPSA) is 58.9 Å². The van der Waals surface area contributed by atoms with Crippen molar-refractivity contribution in [3.05, 3.63) is 71.3 Å². The third kappa shape index (κ3) is 3.24. The van der Waals surface area contributed by atoms with E-state index < -0.39 is 0 Å². The van der Waals surface area contributed by atoms with E-state index >= 15 is 0 Å². The molecule has 3 aromatic rings. The molecule has 0 aliphatic heterocycles. The number of nitrogens with zero attached hydrogens (tertiary/aromatic N) is 4. The Bertz CT molecular complexity index is 847. The molecule has 0 fully saturated rings. The van der Waals surface area contributed by atoms with Crippen LogP contribution in [0.3, 0.4) is 0 Å². The maximum atomic E-state index is 5.20. The predicted octanol–water partition coefficient (Wildman–Crippen LogP) is 3.55. The van der Waals surface area contributed by atoms with Crippen LogP contribution in [0.5, 0.6) is 0 Å². The molecule has 0 saturated heterocycles. The van der Waals surface area contributed by atoms with Crippen molar-refractivity contribution in [2.75, 3.05) is 0 Å². The molecular formula is C16H13N5S. The summed E-state index contributed by atoms with van der Waals surface area (Å²) < 4.78 is 2.00. The summed E-state index contributed by atoms with van der Waals surface area (Å²) >= 11 is 5.20. The van der Waals surface area contributed by atoms with E-state index in [1.54, 1.807) is 23.3 Å². The Kier molecular flexibility index (Phi) is 4.31. The lowest BCUT2D eigenvalue weighted by Gasteiger charge is -1.98. The molecule has 0 aliphatic rings. The Labute approximate surface area is 132 Å². The van der Waals surface area contributed by atoms with Gasteiger partial charge in [0.2, 0.25) is 4.77 Å². The standard InChI is InChI=1S/C16H13N5S/c22-16-20-19-15(14-9-5-10-17-12-14)21(16)18-11-4-8-13-6-2-1-3-7-13/h1-12H,(H,20,22)/b8-4+,18-11+. The van der Waals surface area contributed by atoms with Crippen LogP contribution in [0.15, 0.2) is 66.0 Å². The van der Waals surface area contributed by atoms with Crippen molar-refractivity contribution >= 4 is 24.5 Å². The lowest BCUT2D eigenvalue weighted by molar-refractivity contribution is 0.872. The van der Waals surface area contributed by atoms with Crippen LogP contribution in [0.1, 0.15) is 5.56 Å². The van der Waals surface area contributed by atoms with Gasteiger partial charge in [-0.25, -0.2) is 5.10 Å². The number of pyridine rings is 1. The first kappa shape index (κ1) is 14.1. The van der Waals surface area contributed by atoms with Gasteiger partial charge in [-0.2, -0.15) is 14.9 Å². The van der Waals surface area contributed by atoms with Gasteiger partial charge in [-0.1, -0.05) is 36.4 Å². The number of aromatic amines is 1. The molecule has 0 radical (unpaired) electrons. The van der Waals surface area contributed by atoms with Gasteiger partial charge >= 0.3 is 0 Å². The van der Waals surface area contributed by atoms with Gasteiger partial charge in [0.05, 0.1) is 0 Å². The van der Waals surface area contributed by atoms with Crippen LogP contribution < -0.4 is 0 Å². The largest absolute Gasteiger partial charge is 0.264 e. The molecule has 3 rings (SSSR count). The molecule has 0 spiro atoms. The van der Waals surface area contributed by atoms with Crippen molar-refractivity contribution in [3.8, 4) is 11.4 Å². The van der Waals surface area contributed by atoms with Crippen LogP contribution in [-0.4, -0.2) is 26.1 Å². The lowest BCUT2D eigenvalue weighted by Crippen LogP contribution is -1.93. The monoisotopic (exact) mass is 307 g/mol. The zero-order chi connectivity index (χ0) is 15.2. The van der Waals surface area contributed by atoms with Gasteiger partial charge in [0.15, 0.2) is 5.82 Å². The maximum absolute atomic E-state index is 5.20. The first-order chi connectivity index (χ1) is 10.8. The molecule has 0 amide bonds. The number of rotatable bonds is 4. The Morgan fingerprint density at radius 1 is 1.14 bits per heavy atom. The average molecular weight is 307 g/mol. The number of aromatic nitrogens is 4. The zero-order valence-corrected chi connectivity index (χ0v) is 12.4. The van der Waals surface area contributed by atoms with Crippen LogP contribution in [0, 0.1) is 4.77 Å². The molecule has 5 nitrogen and oxygen atoms in total. The number of H-pyrrole nitrogens is 1.